The Morgan fingerprint density at radius 3 is 2.38 bits per heavy atom. The Balaban J connectivity index is 1.66. The second kappa shape index (κ2) is 7.24. The van der Waals surface area contributed by atoms with Gasteiger partial charge in [-0.25, -0.2) is 22.2 Å². The summed E-state index contributed by atoms with van der Waals surface area (Å²) in [5.41, 5.74) is 0.797. The Morgan fingerprint density at radius 2 is 1.77 bits per heavy atom. The van der Waals surface area contributed by atoms with Crippen molar-refractivity contribution in [2.24, 2.45) is 0 Å². The van der Waals surface area contributed by atoms with Crippen molar-refractivity contribution in [3.05, 3.63) is 47.4 Å². The van der Waals surface area contributed by atoms with Crippen molar-refractivity contribution in [1.82, 2.24) is 14.3 Å². The largest absolute Gasteiger partial charge is 0.474 e. The number of benzene rings is 1. The Labute approximate surface area is 150 Å². The fourth-order valence-electron chi connectivity index (χ4n) is 2.89. The molecule has 0 radical (unpaired) electrons. The van der Waals surface area contributed by atoms with Crippen molar-refractivity contribution in [2.75, 3.05) is 13.1 Å². The molecule has 2 heterocycles. The highest BCUT2D eigenvalue weighted by Gasteiger charge is 2.31. The third-order valence-electron chi connectivity index (χ3n) is 4.16. The van der Waals surface area contributed by atoms with Crippen molar-refractivity contribution < 1.29 is 21.9 Å². The normalized spacial score (nSPS) is 16.6. The Bertz CT molecular complexity index is 893. The van der Waals surface area contributed by atoms with Crippen LogP contribution in [0.1, 0.15) is 24.4 Å². The zero-order valence-corrected chi connectivity index (χ0v) is 15.3. The molecule has 6 nitrogen and oxygen atoms in total. The van der Waals surface area contributed by atoms with Crippen LogP contribution in [0, 0.1) is 25.5 Å². The van der Waals surface area contributed by atoms with Gasteiger partial charge in [-0.05, 0) is 44.9 Å². The highest BCUT2D eigenvalue weighted by molar-refractivity contribution is 7.89. The average molecular weight is 383 g/mol. The van der Waals surface area contributed by atoms with Gasteiger partial charge in [-0.2, -0.15) is 9.29 Å². The van der Waals surface area contributed by atoms with Crippen molar-refractivity contribution in [2.45, 2.75) is 37.7 Å². The number of nitrogens with zero attached hydrogens (tertiary/aromatic N) is 3. The SMILES string of the molecule is Cc1cc(OC2CCN(S(=O)(=O)c3ccc(F)c(F)c3)CC2)nc(C)n1. The summed E-state index contributed by atoms with van der Waals surface area (Å²) in [5.74, 6) is -1.18. The maximum absolute atomic E-state index is 13.4. The molecule has 0 N–H and O–H groups in total. The minimum Gasteiger partial charge on any atom is -0.474 e. The van der Waals surface area contributed by atoms with Gasteiger partial charge >= 0.3 is 0 Å². The molecule has 0 amide bonds. The van der Waals surface area contributed by atoms with Gasteiger partial charge in [-0.15, -0.1) is 0 Å². The molecule has 1 fully saturated rings. The van der Waals surface area contributed by atoms with Crippen molar-refractivity contribution >= 4 is 10.0 Å². The van der Waals surface area contributed by atoms with Crippen LogP contribution in [0.15, 0.2) is 29.2 Å². The molecule has 2 aromatic rings. The lowest BCUT2D eigenvalue weighted by Gasteiger charge is -2.31. The molecule has 1 saturated heterocycles. The minimum atomic E-state index is -3.87. The standard InChI is InChI=1S/C17H19F2N3O3S/c1-11-9-17(21-12(2)20-11)25-13-5-7-22(8-6-13)26(23,24)14-3-4-15(18)16(19)10-14/h3-4,9-10,13H,5-8H2,1-2H3. The molecular formula is C17H19F2N3O3S. The maximum Gasteiger partial charge on any atom is 0.243 e. The lowest BCUT2D eigenvalue weighted by atomic mass is 10.1. The van der Waals surface area contributed by atoms with Crippen molar-refractivity contribution in [3.63, 3.8) is 0 Å². The fourth-order valence-corrected chi connectivity index (χ4v) is 4.37. The maximum atomic E-state index is 13.4. The second-order valence-corrected chi connectivity index (χ2v) is 8.13. The van der Waals surface area contributed by atoms with E-state index in [9.17, 15) is 17.2 Å². The number of sulfonamides is 1. The number of aryl methyl sites for hydroxylation is 2. The first kappa shape index (κ1) is 18.7. The van der Waals surface area contributed by atoms with Crippen LogP contribution >= 0.6 is 0 Å². The molecule has 1 aliphatic rings. The summed E-state index contributed by atoms with van der Waals surface area (Å²) >= 11 is 0. The first-order valence-corrected chi connectivity index (χ1v) is 9.64. The predicted molar refractivity (Wildman–Crippen MR) is 90.3 cm³/mol. The molecule has 0 bridgehead atoms. The van der Waals surface area contributed by atoms with Gasteiger partial charge < -0.3 is 4.74 Å². The molecule has 0 saturated carbocycles. The van der Waals surface area contributed by atoms with Gasteiger partial charge in [0.1, 0.15) is 11.9 Å². The summed E-state index contributed by atoms with van der Waals surface area (Å²) in [6.45, 7) is 4.08. The summed E-state index contributed by atoms with van der Waals surface area (Å²) in [6, 6.07) is 4.33. The zero-order chi connectivity index (χ0) is 18.9. The number of piperidine rings is 1. The predicted octanol–water partition coefficient (Wildman–Crippen LogP) is 2.60. The van der Waals surface area contributed by atoms with Crippen LogP contribution in [-0.2, 0) is 10.0 Å². The molecule has 1 aromatic carbocycles. The summed E-state index contributed by atoms with van der Waals surface area (Å²) in [5, 5.41) is 0. The van der Waals surface area contributed by atoms with E-state index >= 15 is 0 Å². The average Bonchev–Trinajstić information content (AvgIpc) is 2.57. The zero-order valence-electron chi connectivity index (χ0n) is 14.4. The topological polar surface area (TPSA) is 72.4 Å². The molecule has 0 aliphatic carbocycles. The molecule has 1 aromatic heterocycles. The highest BCUT2D eigenvalue weighted by Crippen LogP contribution is 2.24. The molecule has 3 rings (SSSR count). The Hall–Kier alpha value is -2.13. The van der Waals surface area contributed by atoms with Gasteiger partial charge in [0.2, 0.25) is 15.9 Å². The van der Waals surface area contributed by atoms with Crippen molar-refractivity contribution in [1.29, 1.82) is 0 Å². The number of aromatic nitrogens is 2. The summed E-state index contributed by atoms with van der Waals surface area (Å²) in [7, 11) is -3.87. The van der Waals surface area contributed by atoms with E-state index in [4.69, 9.17) is 4.74 Å². The van der Waals surface area contributed by atoms with E-state index in [0.717, 1.165) is 17.8 Å². The number of hydrogen-bond donors (Lipinski definition) is 0. The molecule has 140 valence electrons. The molecule has 0 atom stereocenters. The number of ether oxygens (including phenoxy) is 1. The summed E-state index contributed by atoms with van der Waals surface area (Å²) < 4.78 is 58.6. The number of halogens is 2. The highest BCUT2D eigenvalue weighted by atomic mass is 32.2. The molecule has 1 aliphatic heterocycles. The van der Waals surface area contributed by atoms with Crippen LogP contribution in [0.3, 0.4) is 0 Å². The Kier molecular flexibility index (Phi) is 5.19. The number of rotatable bonds is 4. The second-order valence-electron chi connectivity index (χ2n) is 6.19. The van der Waals surface area contributed by atoms with Crippen LogP contribution < -0.4 is 4.74 Å². The van der Waals surface area contributed by atoms with Gasteiger partial charge in [0, 0.05) is 24.8 Å². The van der Waals surface area contributed by atoms with E-state index in [1.54, 1.807) is 13.0 Å². The molecule has 0 spiro atoms. The van der Waals surface area contributed by atoms with Crippen molar-refractivity contribution in [3.8, 4) is 5.88 Å². The quantitative estimate of drug-likeness (QED) is 0.812. The fraction of sp³-hybridized carbons (Fsp3) is 0.412. The van der Waals surface area contributed by atoms with Crippen LogP contribution in [0.2, 0.25) is 0 Å². The van der Waals surface area contributed by atoms with E-state index in [-0.39, 0.29) is 24.1 Å². The smallest absolute Gasteiger partial charge is 0.243 e. The minimum absolute atomic E-state index is 0.167. The first-order valence-electron chi connectivity index (χ1n) is 8.20. The van der Waals surface area contributed by atoms with E-state index in [1.807, 2.05) is 6.92 Å². The van der Waals surface area contributed by atoms with Gasteiger partial charge in [0.25, 0.3) is 0 Å². The molecular weight excluding hydrogens is 364 g/mol. The van der Waals surface area contributed by atoms with Gasteiger partial charge in [0.05, 0.1) is 4.90 Å². The molecule has 9 heteroatoms. The van der Waals surface area contributed by atoms with Crippen LogP contribution in [-0.4, -0.2) is 41.9 Å². The van der Waals surface area contributed by atoms with E-state index in [1.165, 1.54) is 4.31 Å². The molecule has 0 unspecified atom stereocenters. The van der Waals surface area contributed by atoms with Crippen LogP contribution in [0.4, 0.5) is 8.78 Å². The summed E-state index contributed by atoms with van der Waals surface area (Å²) in [4.78, 5) is 8.15. The van der Waals surface area contributed by atoms with Crippen LogP contribution in [0.5, 0.6) is 5.88 Å². The van der Waals surface area contributed by atoms with Gasteiger partial charge in [0.15, 0.2) is 11.6 Å². The van der Waals surface area contributed by atoms with Gasteiger partial charge in [-0.1, -0.05) is 0 Å². The van der Waals surface area contributed by atoms with Crippen LogP contribution in [0.25, 0.3) is 0 Å². The number of hydrogen-bond acceptors (Lipinski definition) is 5. The van der Waals surface area contributed by atoms with E-state index in [2.05, 4.69) is 9.97 Å². The van der Waals surface area contributed by atoms with E-state index < -0.39 is 21.7 Å². The third kappa shape index (κ3) is 3.99. The van der Waals surface area contributed by atoms with E-state index in [0.29, 0.717) is 30.6 Å². The summed E-state index contributed by atoms with van der Waals surface area (Å²) in [6.07, 6.45) is 0.788. The van der Waals surface area contributed by atoms with Gasteiger partial charge in [-0.3, -0.25) is 0 Å². The molecule has 26 heavy (non-hydrogen) atoms. The lowest BCUT2D eigenvalue weighted by Crippen LogP contribution is -2.41. The first-order chi connectivity index (χ1) is 12.3. The third-order valence-corrected chi connectivity index (χ3v) is 6.05. The Morgan fingerprint density at radius 1 is 1.08 bits per heavy atom. The monoisotopic (exact) mass is 383 g/mol. The lowest BCUT2D eigenvalue weighted by molar-refractivity contribution is 0.129.